The Balaban J connectivity index is 1.47. The van der Waals surface area contributed by atoms with Gasteiger partial charge in [-0.2, -0.15) is 0 Å². The van der Waals surface area contributed by atoms with Gasteiger partial charge in [-0.3, -0.25) is 14.5 Å². The normalized spacial score (nSPS) is 16.6. The number of β-amino-alcohol motifs (C(OH)–C–C–N with tert-alkyl or cyclic N) is 1. The molecule has 2 aliphatic rings. The molecular weight excluding hydrogens is 406 g/mol. The Hall–Kier alpha value is -3.10. The average Bonchev–Trinajstić information content (AvgIpc) is 3.60. The second kappa shape index (κ2) is 9.58. The Morgan fingerprint density at radius 3 is 2.50 bits per heavy atom. The van der Waals surface area contributed by atoms with Gasteiger partial charge < -0.3 is 26.4 Å². The van der Waals surface area contributed by atoms with Gasteiger partial charge >= 0.3 is 0 Å². The lowest BCUT2D eigenvalue weighted by atomic mass is 10.1. The number of nitrogens with zero attached hydrogens (tertiary/aromatic N) is 2. The number of carbonyl (C=O) groups excluding carboxylic acids is 2. The number of aliphatic hydroxyl groups excluding tert-OH is 1. The van der Waals surface area contributed by atoms with Crippen LogP contribution in [0.4, 0.5) is 17.1 Å². The summed E-state index contributed by atoms with van der Waals surface area (Å²) in [5.74, 6) is -0.420. The van der Waals surface area contributed by atoms with Crippen LogP contribution in [0.1, 0.15) is 39.1 Å². The molecule has 0 bridgehead atoms. The van der Waals surface area contributed by atoms with E-state index in [0.717, 1.165) is 50.3 Å². The minimum Gasteiger partial charge on any atom is -0.398 e. The van der Waals surface area contributed by atoms with Crippen molar-refractivity contribution in [3.63, 3.8) is 0 Å². The number of carbonyl (C=O) groups is 2. The summed E-state index contributed by atoms with van der Waals surface area (Å²) >= 11 is 0. The van der Waals surface area contributed by atoms with E-state index in [4.69, 9.17) is 10.8 Å². The molecule has 2 aromatic rings. The number of amides is 2. The highest BCUT2D eigenvalue weighted by atomic mass is 16.3. The number of aryl methyl sites for hydroxylation is 1. The zero-order chi connectivity index (χ0) is 22.7. The number of nitrogens with one attached hydrogen (secondary N) is 2. The first-order chi connectivity index (χ1) is 15.4. The second-order valence-corrected chi connectivity index (χ2v) is 8.56. The predicted octanol–water partition coefficient (Wildman–Crippen LogP) is 1.84. The average molecular weight is 438 g/mol. The van der Waals surface area contributed by atoms with E-state index in [-0.39, 0.29) is 24.5 Å². The van der Waals surface area contributed by atoms with Crippen molar-refractivity contribution in [2.45, 2.75) is 25.8 Å². The number of nitrogen functional groups attached to an aromatic ring is 1. The Morgan fingerprint density at radius 2 is 1.81 bits per heavy atom. The van der Waals surface area contributed by atoms with Crippen LogP contribution in [0.3, 0.4) is 0 Å². The Labute approximate surface area is 188 Å². The van der Waals surface area contributed by atoms with Crippen LogP contribution in [0.2, 0.25) is 0 Å². The molecule has 1 heterocycles. The molecule has 0 atom stereocenters. The second-order valence-electron chi connectivity index (χ2n) is 8.56. The monoisotopic (exact) mass is 437 g/mol. The van der Waals surface area contributed by atoms with Crippen molar-refractivity contribution in [2.24, 2.45) is 0 Å². The number of hydrogen-bond donors (Lipinski definition) is 4. The highest BCUT2D eigenvalue weighted by molar-refractivity contribution is 6.09. The van der Waals surface area contributed by atoms with Gasteiger partial charge in [-0.1, -0.05) is 6.07 Å². The molecule has 2 amide bonds. The molecule has 4 rings (SSSR count). The van der Waals surface area contributed by atoms with Gasteiger partial charge in [0.25, 0.3) is 11.8 Å². The van der Waals surface area contributed by atoms with Crippen LogP contribution in [0, 0.1) is 6.92 Å². The Morgan fingerprint density at radius 1 is 1.06 bits per heavy atom. The topological polar surface area (TPSA) is 111 Å². The lowest BCUT2D eigenvalue weighted by Gasteiger charge is -2.36. The molecule has 0 aromatic heterocycles. The fourth-order valence-electron chi connectivity index (χ4n) is 3.89. The number of piperazine rings is 1. The summed E-state index contributed by atoms with van der Waals surface area (Å²) in [4.78, 5) is 29.9. The van der Waals surface area contributed by atoms with Crippen LogP contribution < -0.4 is 21.3 Å². The molecule has 1 saturated carbocycles. The molecule has 1 aliphatic heterocycles. The minimum absolute atomic E-state index is 0.121. The highest BCUT2D eigenvalue weighted by Gasteiger charge is 2.24. The number of hydrogen-bond acceptors (Lipinski definition) is 6. The first kappa shape index (κ1) is 22.1. The molecular formula is C24H31N5O3. The predicted molar refractivity (Wildman–Crippen MR) is 126 cm³/mol. The van der Waals surface area contributed by atoms with Crippen LogP contribution in [0.15, 0.2) is 36.4 Å². The van der Waals surface area contributed by atoms with E-state index in [1.165, 1.54) is 0 Å². The van der Waals surface area contributed by atoms with E-state index in [1.54, 1.807) is 18.2 Å². The summed E-state index contributed by atoms with van der Waals surface area (Å²) in [6.45, 7) is 6.10. The van der Waals surface area contributed by atoms with Gasteiger partial charge in [-0.25, -0.2) is 0 Å². The molecule has 0 unspecified atom stereocenters. The van der Waals surface area contributed by atoms with Crippen molar-refractivity contribution in [1.29, 1.82) is 0 Å². The van der Waals surface area contributed by atoms with Gasteiger partial charge in [0, 0.05) is 61.4 Å². The summed E-state index contributed by atoms with van der Waals surface area (Å²) in [7, 11) is 0. The third kappa shape index (κ3) is 5.20. The fourth-order valence-corrected chi connectivity index (χ4v) is 3.89. The van der Waals surface area contributed by atoms with E-state index in [0.29, 0.717) is 29.0 Å². The quantitative estimate of drug-likeness (QED) is 0.492. The van der Waals surface area contributed by atoms with E-state index in [1.807, 2.05) is 25.1 Å². The number of benzene rings is 2. The maximum Gasteiger partial charge on any atom is 0.257 e. The van der Waals surface area contributed by atoms with Crippen molar-refractivity contribution in [1.82, 2.24) is 10.2 Å². The Bertz CT molecular complexity index is 997. The van der Waals surface area contributed by atoms with Crippen LogP contribution in [-0.4, -0.2) is 67.2 Å². The molecule has 8 heteroatoms. The lowest BCUT2D eigenvalue weighted by Crippen LogP contribution is -2.47. The van der Waals surface area contributed by atoms with E-state index in [9.17, 15) is 9.59 Å². The van der Waals surface area contributed by atoms with Crippen molar-refractivity contribution < 1.29 is 14.7 Å². The summed E-state index contributed by atoms with van der Waals surface area (Å²) in [5, 5.41) is 15.0. The molecule has 5 N–H and O–H groups in total. The van der Waals surface area contributed by atoms with Crippen LogP contribution in [0.25, 0.3) is 0 Å². The standard InChI is InChI=1S/C24H31N5O3/c1-16-2-3-17(23(31)26-18-4-5-18)14-22(16)27-24(32)20-15-19(6-7-21(20)25)29-10-8-28(9-11-29)12-13-30/h2-3,6-7,14-15,18,30H,4-5,8-13,25H2,1H3,(H,26,31)(H,27,32). The van der Waals surface area contributed by atoms with Crippen LogP contribution in [0.5, 0.6) is 0 Å². The van der Waals surface area contributed by atoms with Crippen molar-refractivity contribution in [3.05, 3.63) is 53.1 Å². The zero-order valence-electron chi connectivity index (χ0n) is 18.4. The lowest BCUT2D eigenvalue weighted by molar-refractivity contribution is 0.0949. The van der Waals surface area contributed by atoms with Crippen molar-refractivity contribution in [2.75, 3.05) is 55.3 Å². The van der Waals surface area contributed by atoms with E-state index >= 15 is 0 Å². The number of anilines is 3. The molecule has 2 fully saturated rings. The third-order valence-electron chi connectivity index (χ3n) is 6.10. The van der Waals surface area contributed by atoms with Crippen molar-refractivity contribution in [3.8, 4) is 0 Å². The summed E-state index contributed by atoms with van der Waals surface area (Å²) in [5.41, 5.74) is 9.90. The van der Waals surface area contributed by atoms with Gasteiger partial charge in [0.15, 0.2) is 0 Å². The van der Waals surface area contributed by atoms with E-state index in [2.05, 4.69) is 20.4 Å². The summed E-state index contributed by atoms with van der Waals surface area (Å²) in [6.07, 6.45) is 2.04. The third-order valence-corrected chi connectivity index (χ3v) is 6.10. The molecule has 0 spiro atoms. The molecule has 32 heavy (non-hydrogen) atoms. The maximum absolute atomic E-state index is 13.1. The first-order valence-corrected chi connectivity index (χ1v) is 11.1. The number of rotatable bonds is 7. The Kier molecular flexibility index (Phi) is 6.62. The smallest absolute Gasteiger partial charge is 0.257 e. The maximum atomic E-state index is 13.1. The first-order valence-electron chi connectivity index (χ1n) is 11.1. The molecule has 8 nitrogen and oxygen atoms in total. The van der Waals surface area contributed by atoms with Gasteiger partial charge in [-0.05, 0) is 55.7 Å². The van der Waals surface area contributed by atoms with Crippen LogP contribution >= 0.6 is 0 Å². The summed E-state index contributed by atoms with van der Waals surface area (Å²) < 4.78 is 0. The number of aliphatic hydroxyl groups is 1. The zero-order valence-corrected chi connectivity index (χ0v) is 18.4. The highest BCUT2D eigenvalue weighted by Crippen LogP contribution is 2.25. The van der Waals surface area contributed by atoms with Gasteiger partial charge in [-0.15, -0.1) is 0 Å². The fraction of sp³-hybridized carbons (Fsp3) is 0.417. The molecule has 1 saturated heterocycles. The van der Waals surface area contributed by atoms with Gasteiger partial charge in [0.2, 0.25) is 0 Å². The molecule has 2 aromatic carbocycles. The SMILES string of the molecule is Cc1ccc(C(=O)NC2CC2)cc1NC(=O)c1cc(N2CCN(CCO)CC2)ccc1N. The van der Waals surface area contributed by atoms with E-state index < -0.39 is 0 Å². The molecule has 0 radical (unpaired) electrons. The molecule has 170 valence electrons. The van der Waals surface area contributed by atoms with Crippen LogP contribution in [-0.2, 0) is 0 Å². The minimum atomic E-state index is -0.300. The van der Waals surface area contributed by atoms with Gasteiger partial charge in [0.05, 0.1) is 12.2 Å². The largest absolute Gasteiger partial charge is 0.398 e. The summed E-state index contributed by atoms with van der Waals surface area (Å²) in [6, 6.07) is 11.1. The number of nitrogens with two attached hydrogens (primary N) is 1. The van der Waals surface area contributed by atoms with Gasteiger partial charge in [0.1, 0.15) is 0 Å². The van der Waals surface area contributed by atoms with Crippen molar-refractivity contribution >= 4 is 28.9 Å². The molecule has 1 aliphatic carbocycles.